The summed E-state index contributed by atoms with van der Waals surface area (Å²) in [6, 6.07) is 9.42. The highest BCUT2D eigenvalue weighted by atomic mass is 16.5. The second-order valence-electron chi connectivity index (χ2n) is 4.41. The number of ether oxygens (including phenoxy) is 1. The minimum absolute atomic E-state index is 0.282. The lowest BCUT2D eigenvalue weighted by Gasteiger charge is -2.17. The van der Waals surface area contributed by atoms with E-state index in [9.17, 15) is 0 Å². The monoisotopic (exact) mass is 220 g/mol. The maximum atomic E-state index is 5.81. The summed E-state index contributed by atoms with van der Waals surface area (Å²) in [6.45, 7) is 1.31. The Bertz CT molecular complexity index is 336. The van der Waals surface area contributed by atoms with E-state index in [0.717, 1.165) is 0 Å². The normalized spacial score (nSPS) is 17.4. The van der Waals surface area contributed by atoms with E-state index in [1.807, 2.05) is 0 Å². The Morgan fingerprint density at radius 3 is 2.94 bits per heavy atom. The summed E-state index contributed by atoms with van der Waals surface area (Å²) in [5, 5.41) is 3.56. The average Bonchev–Trinajstić information content (AvgIpc) is 3.10. The van der Waals surface area contributed by atoms with E-state index in [1.54, 1.807) is 7.11 Å². The van der Waals surface area contributed by atoms with Crippen LogP contribution in [-0.2, 0) is 11.3 Å². The summed E-state index contributed by atoms with van der Waals surface area (Å²) in [5.74, 6) is 0. The quantitative estimate of drug-likeness (QED) is 0.765. The van der Waals surface area contributed by atoms with Crippen LogP contribution in [0.1, 0.15) is 30.0 Å². The van der Waals surface area contributed by atoms with Crippen molar-refractivity contribution in [2.45, 2.75) is 31.5 Å². The highest BCUT2D eigenvalue weighted by Gasteiger charge is 2.24. The van der Waals surface area contributed by atoms with Gasteiger partial charge in [-0.25, -0.2) is 0 Å². The van der Waals surface area contributed by atoms with Crippen LogP contribution < -0.4 is 11.1 Å². The molecule has 0 aliphatic heterocycles. The van der Waals surface area contributed by atoms with Gasteiger partial charge in [-0.2, -0.15) is 0 Å². The molecule has 0 saturated heterocycles. The van der Waals surface area contributed by atoms with E-state index in [4.69, 9.17) is 10.5 Å². The van der Waals surface area contributed by atoms with Crippen molar-refractivity contribution < 1.29 is 4.74 Å². The van der Waals surface area contributed by atoms with Crippen molar-refractivity contribution in [1.82, 2.24) is 5.32 Å². The van der Waals surface area contributed by atoms with Gasteiger partial charge in [-0.05, 0) is 24.0 Å². The number of nitrogens with two attached hydrogens (primary N) is 1. The van der Waals surface area contributed by atoms with Crippen LogP contribution in [0.25, 0.3) is 0 Å². The molecule has 0 aromatic heterocycles. The molecule has 3 N–H and O–H groups in total. The molecule has 0 heterocycles. The SMILES string of the molecule is COCc1cccc(C(CN)NC2CC2)c1. The molecule has 1 unspecified atom stereocenters. The van der Waals surface area contributed by atoms with E-state index in [0.29, 0.717) is 19.2 Å². The average molecular weight is 220 g/mol. The van der Waals surface area contributed by atoms with Crippen LogP contribution in [0.3, 0.4) is 0 Å². The molecule has 1 atom stereocenters. The maximum absolute atomic E-state index is 5.81. The standard InChI is InChI=1S/C13H20N2O/c1-16-9-10-3-2-4-11(7-10)13(8-14)15-12-5-6-12/h2-4,7,12-13,15H,5-6,8-9,14H2,1H3. The van der Waals surface area contributed by atoms with Crippen molar-refractivity contribution in [3.63, 3.8) is 0 Å². The molecule has 3 nitrogen and oxygen atoms in total. The van der Waals surface area contributed by atoms with Crippen LogP contribution in [0.2, 0.25) is 0 Å². The Labute approximate surface area is 97.0 Å². The Kier molecular flexibility index (Phi) is 3.93. The van der Waals surface area contributed by atoms with Crippen molar-refractivity contribution >= 4 is 0 Å². The summed E-state index contributed by atoms with van der Waals surface area (Å²) >= 11 is 0. The lowest BCUT2D eigenvalue weighted by atomic mass is 10.0. The van der Waals surface area contributed by atoms with Gasteiger partial charge in [0.2, 0.25) is 0 Å². The van der Waals surface area contributed by atoms with Crippen LogP contribution in [-0.4, -0.2) is 19.7 Å². The zero-order valence-electron chi connectivity index (χ0n) is 9.78. The van der Waals surface area contributed by atoms with Gasteiger partial charge in [0.1, 0.15) is 0 Å². The van der Waals surface area contributed by atoms with E-state index in [2.05, 4.69) is 29.6 Å². The molecule has 3 heteroatoms. The molecule has 1 aliphatic carbocycles. The zero-order chi connectivity index (χ0) is 11.4. The smallest absolute Gasteiger partial charge is 0.0713 e. The number of hydrogen-bond acceptors (Lipinski definition) is 3. The summed E-state index contributed by atoms with van der Waals surface area (Å²) < 4.78 is 5.14. The number of nitrogens with one attached hydrogen (secondary N) is 1. The molecule has 16 heavy (non-hydrogen) atoms. The third kappa shape index (κ3) is 3.04. The lowest BCUT2D eigenvalue weighted by molar-refractivity contribution is 0.185. The fraction of sp³-hybridized carbons (Fsp3) is 0.538. The predicted molar refractivity (Wildman–Crippen MR) is 65.1 cm³/mol. The van der Waals surface area contributed by atoms with Crippen molar-refractivity contribution in [2.75, 3.05) is 13.7 Å². The largest absolute Gasteiger partial charge is 0.380 e. The topological polar surface area (TPSA) is 47.3 Å². The molecular formula is C13H20N2O. The lowest BCUT2D eigenvalue weighted by Crippen LogP contribution is -2.29. The van der Waals surface area contributed by atoms with Gasteiger partial charge in [0.15, 0.2) is 0 Å². The highest BCUT2D eigenvalue weighted by molar-refractivity contribution is 5.26. The van der Waals surface area contributed by atoms with Crippen LogP contribution >= 0.6 is 0 Å². The molecule has 0 bridgehead atoms. The van der Waals surface area contributed by atoms with Gasteiger partial charge in [-0.1, -0.05) is 24.3 Å². The first kappa shape index (κ1) is 11.6. The summed E-state index contributed by atoms with van der Waals surface area (Å²) in [7, 11) is 1.72. The number of benzene rings is 1. The Morgan fingerprint density at radius 2 is 2.31 bits per heavy atom. The molecule has 1 aliphatic rings. The molecule has 2 rings (SSSR count). The highest BCUT2D eigenvalue weighted by Crippen LogP contribution is 2.24. The fourth-order valence-electron chi connectivity index (χ4n) is 1.90. The predicted octanol–water partition coefficient (Wildman–Crippen LogP) is 1.58. The van der Waals surface area contributed by atoms with Gasteiger partial charge in [0, 0.05) is 25.7 Å². The first-order valence-corrected chi connectivity index (χ1v) is 5.87. The van der Waals surface area contributed by atoms with Crippen LogP contribution in [0.5, 0.6) is 0 Å². The van der Waals surface area contributed by atoms with Crippen LogP contribution in [0, 0.1) is 0 Å². The maximum Gasteiger partial charge on any atom is 0.0713 e. The summed E-state index contributed by atoms with van der Waals surface area (Å²) in [6.07, 6.45) is 2.57. The Balaban J connectivity index is 2.06. The fourth-order valence-corrected chi connectivity index (χ4v) is 1.90. The molecule has 1 saturated carbocycles. The first-order chi connectivity index (χ1) is 7.83. The van der Waals surface area contributed by atoms with Crippen LogP contribution in [0.15, 0.2) is 24.3 Å². The van der Waals surface area contributed by atoms with Crippen molar-refractivity contribution in [1.29, 1.82) is 0 Å². The minimum Gasteiger partial charge on any atom is -0.380 e. The molecule has 0 radical (unpaired) electrons. The van der Waals surface area contributed by atoms with E-state index < -0.39 is 0 Å². The number of rotatable bonds is 6. The summed E-state index contributed by atoms with van der Waals surface area (Å²) in [5.41, 5.74) is 8.28. The zero-order valence-corrected chi connectivity index (χ0v) is 9.78. The first-order valence-electron chi connectivity index (χ1n) is 5.87. The third-order valence-corrected chi connectivity index (χ3v) is 2.91. The Morgan fingerprint density at radius 1 is 1.50 bits per heavy atom. The second kappa shape index (κ2) is 5.43. The van der Waals surface area contributed by atoms with E-state index in [-0.39, 0.29) is 6.04 Å². The van der Waals surface area contributed by atoms with Crippen molar-refractivity contribution in [3.8, 4) is 0 Å². The van der Waals surface area contributed by atoms with Gasteiger partial charge in [0.25, 0.3) is 0 Å². The molecule has 1 aromatic rings. The van der Waals surface area contributed by atoms with Crippen LogP contribution in [0.4, 0.5) is 0 Å². The number of methoxy groups -OCH3 is 1. The second-order valence-corrected chi connectivity index (χ2v) is 4.41. The summed E-state index contributed by atoms with van der Waals surface area (Å²) in [4.78, 5) is 0. The van der Waals surface area contributed by atoms with Gasteiger partial charge in [0.05, 0.1) is 6.61 Å². The van der Waals surface area contributed by atoms with E-state index >= 15 is 0 Å². The Hall–Kier alpha value is -0.900. The molecule has 1 fully saturated rings. The molecule has 0 spiro atoms. The third-order valence-electron chi connectivity index (χ3n) is 2.91. The van der Waals surface area contributed by atoms with Gasteiger partial charge >= 0.3 is 0 Å². The van der Waals surface area contributed by atoms with Gasteiger partial charge in [-0.15, -0.1) is 0 Å². The molecule has 0 amide bonds. The molecule has 88 valence electrons. The molecule has 1 aromatic carbocycles. The van der Waals surface area contributed by atoms with Crippen molar-refractivity contribution in [3.05, 3.63) is 35.4 Å². The minimum atomic E-state index is 0.282. The molecular weight excluding hydrogens is 200 g/mol. The van der Waals surface area contributed by atoms with Crippen molar-refractivity contribution in [2.24, 2.45) is 5.73 Å². The van der Waals surface area contributed by atoms with Gasteiger partial charge < -0.3 is 15.8 Å². The van der Waals surface area contributed by atoms with E-state index in [1.165, 1.54) is 24.0 Å². The number of hydrogen-bond donors (Lipinski definition) is 2. The van der Waals surface area contributed by atoms with Gasteiger partial charge in [-0.3, -0.25) is 0 Å².